The van der Waals surface area contributed by atoms with Crippen LogP contribution < -0.4 is 25.4 Å². The van der Waals surface area contributed by atoms with Gasteiger partial charge >= 0.3 is 0 Å². The summed E-state index contributed by atoms with van der Waals surface area (Å²) in [6.45, 7) is 3.37. The number of hydrogen-bond acceptors (Lipinski definition) is 5. The minimum atomic E-state index is -0.196. The first-order chi connectivity index (χ1) is 15.6. The molecule has 0 unspecified atom stereocenters. The molecule has 0 aliphatic rings. The van der Waals surface area contributed by atoms with Crippen molar-refractivity contribution in [2.45, 2.75) is 6.92 Å². The topological polar surface area (TPSA) is 88.7 Å². The highest BCUT2D eigenvalue weighted by atomic mass is 16.5. The molecule has 0 spiro atoms. The van der Waals surface area contributed by atoms with Gasteiger partial charge < -0.3 is 25.4 Å². The van der Waals surface area contributed by atoms with Gasteiger partial charge in [0.05, 0.1) is 6.54 Å². The number of para-hydroxylation sites is 1. The molecular formula is C25H27N3O4. The molecule has 3 rings (SSSR count). The summed E-state index contributed by atoms with van der Waals surface area (Å²) in [5.41, 5.74) is 1.95. The van der Waals surface area contributed by atoms with Crippen LogP contribution in [0.2, 0.25) is 0 Å². The van der Waals surface area contributed by atoms with E-state index in [-0.39, 0.29) is 18.4 Å². The Morgan fingerprint density at radius 1 is 0.781 bits per heavy atom. The molecular weight excluding hydrogens is 406 g/mol. The van der Waals surface area contributed by atoms with Crippen LogP contribution in [0.1, 0.15) is 17.3 Å². The van der Waals surface area contributed by atoms with E-state index in [2.05, 4.69) is 16.0 Å². The van der Waals surface area contributed by atoms with E-state index in [0.717, 1.165) is 11.4 Å². The minimum Gasteiger partial charge on any atom is -0.490 e. The lowest BCUT2D eigenvalue weighted by Crippen LogP contribution is -2.23. The number of benzene rings is 3. The summed E-state index contributed by atoms with van der Waals surface area (Å²) in [6, 6.07) is 23.7. The van der Waals surface area contributed by atoms with Crippen molar-refractivity contribution in [2.24, 2.45) is 0 Å². The Balaban J connectivity index is 1.41. The Kier molecular flexibility index (Phi) is 8.50. The van der Waals surface area contributed by atoms with Gasteiger partial charge in [-0.2, -0.15) is 0 Å². The van der Waals surface area contributed by atoms with Gasteiger partial charge in [0.2, 0.25) is 5.91 Å². The smallest absolute Gasteiger partial charge is 0.251 e. The van der Waals surface area contributed by atoms with Crippen molar-refractivity contribution >= 4 is 23.2 Å². The molecule has 0 saturated heterocycles. The number of hydrogen-bond donors (Lipinski definition) is 3. The van der Waals surface area contributed by atoms with Crippen molar-refractivity contribution < 1.29 is 19.1 Å². The second-order valence-corrected chi connectivity index (χ2v) is 6.88. The SMILES string of the molecule is CCNC(=O)c1ccc(NC(=O)CNc2cccc(OCCOc3ccccc3)c2)cc1. The van der Waals surface area contributed by atoms with Crippen LogP contribution in [0, 0.1) is 0 Å². The fourth-order valence-corrected chi connectivity index (χ4v) is 2.89. The summed E-state index contributed by atoms with van der Waals surface area (Å²) in [5, 5.41) is 8.62. The van der Waals surface area contributed by atoms with Gasteiger partial charge in [-0.25, -0.2) is 0 Å². The third kappa shape index (κ3) is 7.36. The molecule has 0 radical (unpaired) electrons. The maximum absolute atomic E-state index is 12.2. The van der Waals surface area contributed by atoms with E-state index in [4.69, 9.17) is 9.47 Å². The Morgan fingerprint density at radius 2 is 1.47 bits per heavy atom. The third-order valence-electron chi connectivity index (χ3n) is 4.42. The number of carbonyl (C=O) groups is 2. The van der Waals surface area contributed by atoms with Crippen molar-refractivity contribution in [3.63, 3.8) is 0 Å². The van der Waals surface area contributed by atoms with E-state index < -0.39 is 0 Å². The Hall–Kier alpha value is -4.00. The number of anilines is 2. The Labute approximate surface area is 187 Å². The minimum absolute atomic E-state index is 0.0959. The quantitative estimate of drug-likeness (QED) is 0.399. The largest absolute Gasteiger partial charge is 0.490 e. The van der Waals surface area contributed by atoms with E-state index in [1.54, 1.807) is 24.3 Å². The predicted molar refractivity (Wildman–Crippen MR) is 125 cm³/mol. The summed E-state index contributed by atoms with van der Waals surface area (Å²) in [6.07, 6.45) is 0. The fraction of sp³-hybridized carbons (Fsp3) is 0.200. The maximum atomic E-state index is 12.2. The summed E-state index contributed by atoms with van der Waals surface area (Å²) in [4.78, 5) is 24.0. The highest BCUT2D eigenvalue weighted by molar-refractivity contribution is 5.96. The molecule has 3 N–H and O–H groups in total. The van der Waals surface area contributed by atoms with E-state index in [9.17, 15) is 9.59 Å². The summed E-state index contributed by atoms with van der Waals surface area (Å²) in [5.74, 6) is 1.16. The van der Waals surface area contributed by atoms with E-state index >= 15 is 0 Å². The number of amides is 2. The molecule has 0 atom stereocenters. The van der Waals surface area contributed by atoms with E-state index in [1.165, 1.54) is 0 Å². The van der Waals surface area contributed by atoms with Gasteiger partial charge in [-0.15, -0.1) is 0 Å². The molecule has 0 fully saturated rings. The number of ether oxygens (including phenoxy) is 2. The van der Waals surface area contributed by atoms with Gasteiger partial charge in [-0.1, -0.05) is 24.3 Å². The van der Waals surface area contributed by atoms with E-state index in [0.29, 0.717) is 36.8 Å². The lowest BCUT2D eigenvalue weighted by atomic mass is 10.2. The van der Waals surface area contributed by atoms with Crippen LogP contribution >= 0.6 is 0 Å². The lowest BCUT2D eigenvalue weighted by Gasteiger charge is -2.11. The highest BCUT2D eigenvalue weighted by Gasteiger charge is 2.06. The highest BCUT2D eigenvalue weighted by Crippen LogP contribution is 2.17. The molecule has 3 aromatic carbocycles. The van der Waals surface area contributed by atoms with Crippen LogP contribution in [-0.4, -0.2) is 38.1 Å². The normalized spacial score (nSPS) is 10.2. The first-order valence-corrected chi connectivity index (χ1v) is 10.5. The van der Waals surface area contributed by atoms with Crippen LogP contribution in [0.15, 0.2) is 78.9 Å². The van der Waals surface area contributed by atoms with Crippen LogP contribution in [-0.2, 0) is 4.79 Å². The first-order valence-electron chi connectivity index (χ1n) is 10.5. The molecule has 3 aromatic rings. The van der Waals surface area contributed by atoms with Gasteiger partial charge in [0.1, 0.15) is 24.7 Å². The van der Waals surface area contributed by atoms with Gasteiger partial charge in [-0.05, 0) is 55.5 Å². The second kappa shape index (κ2) is 12.0. The molecule has 0 aliphatic heterocycles. The van der Waals surface area contributed by atoms with Crippen molar-refractivity contribution in [3.05, 3.63) is 84.4 Å². The van der Waals surface area contributed by atoms with Crippen LogP contribution in [0.5, 0.6) is 11.5 Å². The summed E-state index contributed by atoms with van der Waals surface area (Å²) < 4.78 is 11.3. The molecule has 2 amide bonds. The Morgan fingerprint density at radius 3 is 2.19 bits per heavy atom. The molecule has 0 heterocycles. The molecule has 0 aromatic heterocycles. The number of nitrogens with one attached hydrogen (secondary N) is 3. The first kappa shape index (κ1) is 22.7. The lowest BCUT2D eigenvalue weighted by molar-refractivity contribution is -0.114. The van der Waals surface area contributed by atoms with Gasteiger partial charge in [0, 0.05) is 29.5 Å². The zero-order chi connectivity index (χ0) is 22.6. The Bertz CT molecular complexity index is 1010. The van der Waals surface area contributed by atoms with Gasteiger partial charge in [-0.3, -0.25) is 9.59 Å². The molecule has 0 aliphatic carbocycles. The summed E-state index contributed by atoms with van der Waals surface area (Å²) >= 11 is 0. The molecule has 7 nitrogen and oxygen atoms in total. The molecule has 166 valence electrons. The van der Waals surface area contributed by atoms with Crippen molar-refractivity contribution in [1.29, 1.82) is 0 Å². The number of carbonyl (C=O) groups excluding carboxylic acids is 2. The molecule has 0 bridgehead atoms. The van der Waals surface area contributed by atoms with Crippen LogP contribution in [0.25, 0.3) is 0 Å². The zero-order valence-electron chi connectivity index (χ0n) is 18.0. The third-order valence-corrected chi connectivity index (χ3v) is 4.42. The van der Waals surface area contributed by atoms with Crippen LogP contribution in [0.4, 0.5) is 11.4 Å². The molecule has 32 heavy (non-hydrogen) atoms. The average molecular weight is 434 g/mol. The molecule has 7 heteroatoms. The van der Waals surface area contributed by atoms with Crippen molar-refractivity contribution in [2.75, 3.05) is 36.9 Å². The zero-order valence-corrected chi connectivity index (χ0v) is 18.0. The van der Waals surface area contributed by atoms with Crippen molar-refractivity contribution in [3.8, 4) is 11.5 Å². The predicted octanol–water partition coefficient (Wildman–Crippen LogP) is 3.94. The summed E-state index contributed by atoms with van der Waals surface area (Å²) in [7, 11) is 0. The van der Waals surface area contributed by atoms with Gasteiger partial charge in [0.15, 0.2) is 0 Å². The monoisotopic (exact) mass is 433 g/mol. The average Bonchev–Trinajstić information content (AvgIpc) is 2.82. The molecule has 0 saturated carbocycles. The number of rotatable bonds is 11. The van der Waals surface area contributed by atoms with E-state index in [1.807, 2.05) is 61.5 Å². The van der Waals surface area contributed by atoms with Crippen molar-refractivity contribution in [1.82, 2.24) is 5.32 Å². The standard InChI is InChI=1S/C25H27N3O4/c1-2-26-25(30)19-11-13-20(14-12-19)28-24(29)18-27-21-7-6-10-23(17-21)32-16-15-31-22-8-4-3-5-9-22/h3-14,17,27H,2,15-16,18H2,1H3,(H,26,30)(H,28,29). The maximum Gasteiger partial charge on any atom is 0.251 e. The fourth-order valence-electron chi connectivity index (χ4n) is 2.89. The van der Waals surface area contributed by atoms with Gasteiger partial charge in [0.25, 0.3) is 5.91 Å². The van der Waals surface area contributed by atoms with Crippen LogP contribution in [0.3, 0.4) is 0 Å². The second-order valence-electron chi connectivity index (χ2n) is 6.88.